The summed E-state index contributed by atoms with van der Waals surface area (Å²) in [6.07, 6.45) is 10.2. The van der Waals surface area contributed by atoms with Crippen LogP contribution in [0.25, 0.3) is 0 Å². The standard InChI is InChI=1S/C32H38OPS/c1-2-3-4-5-6-7-17-26-33-32-25-24-31(35-32)27-34(28-18-11-8-12-19-28,29-20-13-9-14-21-29)30-22-15-10-16-23-30/h8-16,18-25H,2-7,17,26-27H2,1H3/q+1. The number of benzene rings is 3. The number of hydrogen-bond acceptors (Lipinski definition) is 2. The van der Waals surface area contributed by atoms with Crippen molar-refractivity contribution in [3.8, 4) is 5.06 Å². The molecule has 1 aromatic heterocycles. The molecule has 0 spiro atoms. The molecule has 0 saturated carbocycles. The summed E-state index contributed by atoms with van der Waals surface area (Å²) in [6, 6.07) is 37.8. The molecule has 0 radical (unpaired) electrons. The molecule has 4 aromatic rings. The van der Waals surface area contributed by atoms with E-state index >= 15 is 0 Å². The molecule has 0 fully saturated rings. The molecule has 4 rings (SSSR count). The molecular weight excluding hydrogens is 463 g/mol. The van der Waals surface area contributed by atoms with E-state index in [1.165, 1.54) is 59.3 Å². The maximum atomic E-state index is 6.18. The zero-order valence-corrected chi connectivity index (χ0v) is 22.7. The van der Waals surface area contributed by atoms with E-state index in [0.717, 1.165) is 24.3 Å². The summed E-state index contributed by atoms with van der Waals surface area (Å²) >= 11 is 1.82. The van der Waals surface area contributed by atoms with E-state index in [4.69, 9.17) is 4.74 Å². The van der Waals surface area contributed by atoms with Crippen LogP contribution < -0.4 is 20.7 Å². The lowest BCUT2D eigenvalue weighted by Gasteiger charge is -2.27. The third kappa shape index (κ3) is 6.84. The zero-order chi connectivity index (χ0) is 24.2. The number of hydrogen-bond donors (Lipinski definition) is 0. The van der Waals surface area contributed by atoms with Gasteiger partial charge in [0.15, 0.2) is 5.06 Å². The minimum atomic E-state index is -1.86. The highest BCUT2D eigenvalue weighted by Crippen LogP contribution is 2.59. The van der Waals surface area contributed by atoms with Crippen LogP contribution in [0.1, 0.15) is 56.7 Å². The Balaban J connectivity index is 1.53. The molecule has 0 N–H and O–H groups in total. The molecule has 35 heavy (non-hydrogen) atoms. The Bertz CT molecular complexity index is 1010. The second-order valence-electron chi connectivity index (χ2n) is 9.17. The molecule has 0 atom stereocenters. The van der Waals surface area contributed by atoms with Gasteiger partial charge in [-0.3, -0.25) is 0 Å². The lowest BCUT2D eigenvalue weighted by Crippen LogP contribution is -2.32. The molecule has 3 aromatic carbocycles. The Morgan fingerprint density at radius 3 is 1.57 bits per heavy atom. The smallest absolute Gasteiger partial charge is 0.174 e. The molecule has 1 heterocycles. The lowest BCUT2D eigenvalue weighted by atomic mass is 10.1. The van der Waals surface area contributed by atoms with Gasteiger partial charge in [0, 0.05) is 4.88 Å². The van der Waals surface area contributed by atoms with Crippen LogP contribution in [-0.4, -0.2) is 6.61 Å². The van der Waals surface area contributed by atoms with E-state index in [9.17, 15) is 0 Å². The average molecular weight is 502 g/mol. The summed E-state index contributed by atoms with van der Waals surface area (Å²) in [4.78, 5) is 1.39. The van der Waals surface area contributed by atoms with Gasteiger partial charge in [-0.15, -0.1) is 11.3 Å². The maximum Gasteiger partial charge on any atom is 0.174 e. The fraction of sp³-hybridized carbons (Fsp3) is 0.312. The van der Waals surface area contributed by atoms with Gasteiger partial charge in [0.05, 0.1) is 6.61 Å². The summed E-state index contributed by atoms with van der Waals surface area (Å²) in [5.41, 5.74) is 0. The normalized spacial score (nSPS) is 11.5. The van der Waals surface area contributed by atoms with E-state index in [2.05, 4.69) is 110 Å². The molecule has 182 valence electrons. The number of ether oxygens (including phenoxy) is 1. The van der Waals surface area contributed by atoms with E-state index in [1.807, 2.05) is 11.3 Å². The van der Waals surface area contributed by atoms with E-state index in [1.54, 1.807) is 0 Å². The van der Waals surface area contributed by atoms with Gasteiger partial charge in [0.2, 0.25) is 0 Å². The second-order valence-corrected chi connectivity index (χ2v) is 13.8. The Labute approximate surface area is 216 Å². The highest BCUT2D eigenvalue weighted by atomic mass is 32.1. The first-order chi connectivity index (χ1) is 17.3. The van der Waals surface area contributed by atoms with Crippen LogP contribution in [0.2, 0.25) is 0 Å². The van der Waals surface area contributed by atoms with Crippen LogP contribution in [-0.2, 0) is 6.16 Å². The van der Waals surface area contributed by atoms with Crippen molar-refractivity contribution in [3.05, 3.63) is 108 Å². The van der Waals surface area contributed by atoms with Crippen molar-refractivity contribution in [3.63, 3.8) is 0 Å². The van der Waals surface area contributed by atoms with Crippen LogP contribution in [0.15, 0.2) is 103 Å². The monoisotopic (exact) mass is 501 g/mol. The van der Waals surface area contributed by atoms with Gasteiger partial charge < -0.3 is 4.74 Å². The number of unbranched alkanes of at least 4 members (excludes halogenated alkanes) is 6. The number of thiophene rings is 1. The lowest BCUT2D eigenvalue weighted by molar-refractivity contribution is 0.313. The van der Waals surface area contributed by atoms with Gasteiger partial charge in [0.1, 0.15) is 29.3 Å². The summed E-state index contributed by atoms with van der Waals surface area (Å²) in [6.45, 7) is 3.10. The molecule has 0 aliphatic carbocycles. The quantitative estimate of drug-likeness (QED) is 0.125. The fourth-order valence-electron chi connectivity index (χ4n) is 4.75. The zero-order valence-electron chi connectivity index (χ0n) is 20.9. The highest BCUT2D eigenvalue weighted by molar-refractivity contribution is 7.95. The van der Waals surface area contributed by atoms with Crippen LogP contribution in [0, 0.1) is 0 Å². The highest BCUT2D eigenvalue weighted by Gasteiger charge is 2.45. The van der Waals surface area contributed by atoms with Gasteiger partial charge in [0.25, 0.3) is 0 Å². The van der Waals surface area contributed by atoms with Crippen molar-refractivity contribution in [1.29, 1.82) is 0 Å². The Hall–Kier alpha value is -2.41. The van der Waals surface area contributed by atoms with Crippen LogP contribution in [0.5, 0.6) is 5.06 Å². The molecule has 1 nitrogen and oxygen atoms in total. The largest absolute Gasteiger partial charge is 0.484 e. The van der Waals surface area contributed by atoms with Gasteiger partial charge >= 0.3 is 0 Å². The van der Waals surface area contributed by atoms with Crippen LogP contribution in [0.4, 0.5) is 0 Å². The molecule has 0 bridgehead atoms. The third-order valence-corrected chi connectivity index (χ3v) is 12.2. The first-order valence-corrected chi connectivity index (χ1v) is 15.9. The molecule has 0 amide bonds. The molecule has 0 aliphatic heterocycles. The first-order valence-electron chi connectivity index (χ1n) is 13.1. The Kier molecular flexibility index (Phi) is 9.99. The molecular formula is C32H38OPS+. The van der Waals surface area contributed by atoms with Crippen molar-refractivity contribution >= 4 is 34.5 Å². The molecule has 3 heteroatoms. The van der Waals surface area contributed by atoms with Gasteiger partial charge in [-0.25, -0.2) is 0 Å². The molecule has 0 aliphatic rings. The summed E-state index contributed by atoms with van der Waals surface area (Å²) in [5, 5.41) is 5.34. The van der Waals surface area contributed by atoms with E-state index in [-0.39, 0.29) is 0 Å². The van der Waals surface area contributed by atoms with Crippen molar-refractivity contribution in [2.24, 2.45) is 0 Å². The van der Waals surface area contributed by atoms with E-state index < -0.39 is 7.26 Å². The first kappa shape index (κ1) is 25.7. The summed E-state index contributed by atoms with van der Waals surface area (Å²) < 4.78 is 6.18. The SMILES string of the molecule is CCCCCCCCCOc1ccc(C[P+](c2ccccc2)(c2ccccc2)c2ccccc2)s1. The van der Waals surface area contributed by atoms with Crippen molar-refractivity contribution in [2.45, 2.75) is 58.0 Å². The molecule has 0 unspecified atom stereocenters. The Morgan fingerprint density at radius 2 is 1.06 bits per heavy atom. The van der Waals surface area contributed by atoms with Gasteiger partial charge in [-0.05, 0) is 55.0 Å². The average Bonchev–Trinajstić information content (AvgIpc) is 3.37. The van der Waals surface area contributed by atoms with Crippen molar-refractivity contribution in [2.75, 3.05) is 6.61 Å². The minimum absolute atomic E-state index is 0.823. The predicted molar refractivity (Wildman–Crippen MR) is 157 cm³/mol. The van der Waals surface area contributed by atoms with Crippen molar-refractivity contribution in [1.82, 2.24) is 0 Å². The number of rotatable bonds is 14. The van der Waals surface area contributed by atoms with Crippen LogP contribution >= 0.6 is 18.6 Å². The summed E-state index contributed by atoms with van der Waals surface area (Å²) in [5.74, 6) is 0. The minimum Gasteiger partial charge on any atom is -0.484 e. The molecule has 0 saturated heterocycles. The fourth-order valence-corrected chi connectivity index (χ4v) is 10.3. The predicted octanol–water partition coefficient (Wildman–Crippen LogP) is 8.37. The second kappa shape index (κ2) is 13.6. The topological polar surface area (TPSA) is 9.23 Å². The third-order valence-electron chi connectivity index (χ3n) is 6.61. The van der Waals surface area contributed by atoms with Crippen LogP contribution in [0.3, 0.4) is 0 Å². The van der Waals surface area contributed by atoms with E-state index in [0.29, 0.717) is 0 Å². The summed E-state index contributed by atoms with van der Waals surface area (Å²) in [7, 11) is -1.86. The van der Waals surface area contributed by atoms with Gasteiger partial charge in [-0.2, -0.15) is 0 Å². The maximum absolute atomic E-state index is 6.18. The van der Waals surface area contributed by atoms with Crippen molar-refractivity contribution < 1.29 is 4.74 Å². The Morgan fingerprint density at radius 1 is 0.571 bits per heavy atom. The van der Waals surface area contributed by atoms with Gasteiger partial charge in [-0.1, -0.05) is 100 Å².